The molecule has 0 aliphatic rings. The van der Waals surface area contributed by atoms with E-state index >= 15 is 0 Å². The quantitative estimate of drug-likeness (QED) is 0.175. The first-order valence-corrected chi connectivity index (χ1v) is 15.8. The molecule has 44 heavy (non-hydrogen) atoms. The van der Waals surface area contributed by atoms with Gasteiger partial charge in [-0.3, -0.25) is 8.80 Å². The lowest BCUT2D eigenvalue weighted by atomic mass is 10.2. The molecule has 4 aromatic heterocycles. The fourth-order valence-corrected chi connectivity index (χ4v) is 6.27. The van der Waals surface area contributed by atoms with Crippen molar-refractivity contribution in [1.29, 1.82) is 0 Å². The zero-order valence-electron chi connectivity index (χ0n) is 23.2. The van der Waals surface area contributed by atoms with E-state index < -0.39 is 0 Å². The second-order valence-electron chi connectivity index (χ2n) is 9.99. The highest BCUT2D eigenvalue weighted by atomic mass is 79.9. The summed E-state index contributed by atoms with van der Waals surface area (Å²) in [6, 6.07) is 27.2. The summed E-state index contributed by atoms with van der Waals surface area (Å²) in [6.07, 6.45) is 0. The van der Waals surface area contributed by atoms with Crippen LogP contribution in [0.3, 0.4) is 0 Å². The summed E-state index contributed by atoms with van der Waals surface area (Å²) in [6.45, 7) is 3.86. The first kappa shape index (κ1) is 28.8. The summed E-state index contributed by atoms with van der Waals surface area (Å²) < 4.78 is 5.97. The fraction of sp³-hybridized carbons (Fsp3) is 0.0625. The van der Waals surface area contributed by atoms with Crippen molar-refractivity contribution in [2.24, 2.45) is 0 Å². The molecule has 0 atom stereocenters. The molecule has 4 heterocycles. The van der Waals surface area contributed by atoms with E-state index in [2.05, 4.69) is 62.2 Å². The van der Waals surface area contributed by atoms with Gasteiger partial charge in [0.05, 0.1) is 43.5 Å². The Morgan fingerprint density at radius 3 is 1.64 bits per heavy atom. The average Bonchev–Trinajstić information content (AvgIpc) is 3.65. The van der Waals surface area contributed by atoms with Crippen molar-refractivity contribution < 1.29 is 0 Å². The minimum Gasteiger partial charge on any atom is -0.272 e. The Bertz CT molecular complexity index is 2390. The molecule has 8 rings (SSSR count). The molecule has 0 spiro atoms. The van der Waals surface area contributed by atoms with Crippen molar-refractivity contribution in [2.75, 3.05) is 0 Å². The molecular formula is C32H20Br2Cl2N8. The number of nitrogens with zero attached hydrogens (tertiary/aromatic N) is 8. The van der Waals surface area contributed by atoms with Gasteiger partial charge in [-0.1, -0.05) is 79.3 Å². The van der Waals surface area contributed by atoms with Gasteiger partial charge in [0.1, 0.15) is 0 Å². The van der Waals surface area contributed by atoms with E-state index in [4.69, 9.17) is 23.2 Å². The average molecular weight is 747 g/mol. The van der Waals surface area contributed by atoms with Gasteiger partial charge < -0.3 is 0 Å². The summed E-state index contributed by atoms with van der Waals surface area (Å²) in [5.41, 5.74) is 8.50. The van der Waals surface area contributed by atoms with E-state index in [9.17, 15) is 0 Å². The van der Waals surface area contributed by atoms with Crippen LogP contribution in [0.1, 0.15) is 11.4 Å². The molecule has 0 saturated carbocycles. The molecule has 8 nitrogen and oxygen atoms in total. The number of aryl methyl sites for hydroxylation is 2. The summed E-state index contributed by atoms with van der Waals surface area (Å²) in [4.78, 5) is 9.20. The van der Waals surface area contributed by atoms with Crippen molar-refractivity contribution >= 4 is 88.4 Å². The van der Waals surface area contributed by atoms with Gasteiger partial charge in [-0.15, -0.1) is 20.4 Å². The van der Waals surface area contributed by atoms with Crippen LogP contribution in [-0.4, -0.2) is 39.2 Å². The van der Waals surface area contributed by atoms with Crippen LogP contribution in [0.4, 0.5) is 0 Å². The number of halogens is 4. The molecule has 12 heteroatoms. The first-order valence-electron chi connectivity index (χ1n) is 13.4. The molecule has 0 amide bonds. The fourth-order valence-electron chi connectivity index (χ4n) is 5.13. The molecule has 0 unspecified atom stereocenters. The van der Waals surface area contributed by atoms with E-state index in [-0.39, 0.29) is 0 Å². The summed E-state index contributed by atoms with van der Waals surface area (Å²) in [5.74, 6) is 1.44. The number of hydrogen-bond donors (Lipinski definition) is 0. The third kappa shape index (κ3) is 5.01. The molecular weight excluding hydrogens is 727 g/mol. The third-order valence-electron chi connectivity index (χ3n) is 7.14. The number of rotatable bonds is 2. The summed E-state index contributed by atoms with van der Waals surface area (Å²) >= 11 is 19.7. The van der Waals surface area contributed by atoms with Crippen LogP contribution in [0.2, 0.25) is 10.0 Å². The second kappa shape index (κ2) is 11.5. The molecule has 0 radical (unpaired) electrons. The van der Waals surface area contributed by atoms with Crippen LogP contribution >= 0.6 is 55.1 Å². The lowest BCUT2D eigenvalue weighted by molar-refractivity contribution is 1.11. The SMILES string of the molecule is Cc1nc2cc(Br)ccc2n2c(-c3ccccc3Cl)nnc12.Cc1nc2ccc(Br)cc2n2c(-c3ccccc3Cl)nnc12. The molecule has 0 saturated heterocycles. The van der Waals surface area contributed by atoms with E-state index in [1.165, 1.54) is 0 Å². The highest BCUT2D eigenvalue weighted by molar-refractivity contribution is 9.10. The zero-order valence-corrected chi connectivity index (χ0v) is 27.9. The minimum absolute atomic E-state index is 0.648. The molecule has 0 bridgehead atoms. The van der Waals surface area contributed by atoms with Gasteiger partial charge in [0.15, 0.2) is 22.9 Å². The van der Waals surface area contributed by atoms with Crippen molar-refractivity contribution in [1.82, 2.24) is 39.2 Å². The Labute approximate surface area is 278 Å². The number of fused-ring (bicyclic) bond motifs is 6. The zero-order chi connectivity index (χ0) is 30.5. The number of aromatic nitrogens is 8. The molecule has 4 aromatic carbocycles. The minimum atomic E-state index is 0.648. The van der Waals surface area contributed by atoms with E-state index in [0.29, 0.717) is 15.9 Å². The van der Waals surface area contributed by atoms with E-state index in [1.807, 2.05) is 108 Å². The normalized spacial score (nSPS) is 11.4. The van der Waals surface area contributed by atoms with Crippen LogP contribution < -0.4 is 0 Å². The van der Waals surface area contributed by atoms with Crippen LogP contribution in [0.25, 0.3) is 56.1 Å². The lowest BCUT2D eigenvalue weighted by Crippen LogP contribution is -1.97. The Morgan fingerprint density at radius 1 is 0.545 bits per heavy atom. The Hall–Kier alpha value is -3.96. The molecule has 0 aliphatic heterocycles. The molecule has 0 N–H and O–H groups in total. The van der Waals surface area contributed by atoms with Crippen LogP contribution in [0.5, 0.6) is 0 Å². The van der Waals surface area contributed by atoms with Crippen LogP contribution in [0.15, 0.2) is 93.9 Å². The van der Waals surface area contributed by atoms with Gasteiger partial charge in [0, 0.05) is 20.1 Å². The van der Waals surface area contributed by atoms with Gasteiger partial charge in [0.25, 0.3) is 0 Å². The third-order valence-corrected chi connectivity index (χ3v) is 8.78. The Kier molecular flexibility index (Phi) is 7.54. The van der Waals surface area contributed by atoms with Crippen molar-refractivity contribution in [2.45, 2.75) is 13.8 Å². The largest absolute Gasteiger partial charge is 0.272 e. The lowest BCUT2D eigenvalue weighted by Gasteiger charge is -2.08. The molecule has 0 aliphatic carbocycles. The predicted octanol–water partition coefficient (Wildman–Crippen LogP) is 9.34. The topological polar surface area (TPSA) is 86.2 Å². The molecule has 8 aromatic rings. The summed E-state index contributed by atoms with van der Waals surface area (Å²) in [5, 5.41) is 18.6. The van der Waals surface area contributed by atoms with Crippen molar-refractivity contribution in [3.05, 3.63) is 115 Å². The summed E-state index contributed by atoms with van der Waals surface area (Å²) in [7, 11) is 0. The highest BCUT2D eigenvalue weighted by Crippen LogP contribution is 2.31. The Morgan fingerprint density at radius 2 is 1.05 bits per heavy atom. The Balaban J connectivity index is 0.000000142. The number of hydrogen-bond acceptors (Lipinski definition) is 6. The maximum Gasteiger partial charge on any atom is 0.183 e. The predicted molar refractivity (Wildman–Crippen MR) is 182 cm³/mol. The first-order chi connectivity index (χ1) is 21.3. The van der Waals surface area contributed by atoms with Crippen LogP contribution in [0, 0.1) is 13.8 Å². The van der Waals surface area contributed by atoms with Gasteiger partial charge in [0.2, 0.25) is 0 Å². The monoisotopic (exact) mass is 744 g/mol. The van der Waals surface area contributed by atoms with Gasteiger partial charge >= 0.3 is 0 Å². The highest BCUT2D eigenvalue weighted by Gasteiger charge is 2.17. The van der Waals surface area contributed by atoms with E-state index in [0.717, 1.165) is 70.6 Å². The van der Waals surface area contributed by atoms with Gasteiger partial charge in [-0.2, -0.15) is 0 Å². The smallest absolute Gasteiger partial charge is 0.183 e. The van der Waals surface area contributed by atoms with Crippen LogP contribution in [-0.2, 0) is 0 Å². The van der Waals surface area contributed by atoms with Gasteiger partial charge in [-0.05, 0) is 74.5 Å². The van der Waals surface area contributed by atoms with Crippen molar-refractivity contribution in [3.8, 4) is 22.8 Å². The van der Waals surface area contributed by atoms with Gasteiger partial charge in [-0.25, -0.2) is 9.97 Å². The van der Waals surface area contributed by atoms with Crippen molar-refractivity contribution in [3.63, 3.8) is 0 Å². The maximum atomic E-state index is 6.33. The van der Waals surface area contributed by atoms with E-state index in [1.54, 1.807) is 0 Å². The standard InChI is InChI=1S/2C16H10BrClN4/c1-9-15-20-21-16(11-4-2-3-5-12(11)18)22(15)14-7-6-10(17)8-13(14)19-9;1-9-15-20-21-16(11-4-2-3-5-12(11)18)22(15)14-8-10(17)6-7-13(14)19-9/h2*2-8H,1H3. The second-order valence-corrected chi connectivity index (χ2v) is 12.6. The molecule has 216 valence electrons. The molecule has 0 fully saturated rings. The number of benzene rings is 4. The maximum absolute atomic E-state index is 6.33.